The van der Waals surface area contributed by atoms with Gasteiger partial charge in [0.15, 0.2) is 0 Å². The fourth-order valence-corrected chi connectivity index (χ4v) is 1.94. The molecule has 0 atom stereocenters. The van der Waals surface area contributed by atoms with Crippen molar-refractivity contribution >= 4 is 17.3 Å². The highest BCUT2D eigenvalue weighted by Crippen LogP contribution is 2.18. The second-order valence-corrected chi connectivity index (χ2v) is 4.65. The number of anilines is 2. The fourth-order valence-electron chi connectivity index (χ4n) is 1.94. The molecule has 0 saturated carbocycles. The molecule has 2 rings (SSSR count). The average Bonchev–Trinajstić information content (AvgIpc) is 2.37. The summed E-state index contributed by atoms with van der Waals surface area (Å²) in [7, 11) is 0. The monoisotopic (exact) mass is 290 g/mol. The zero-order valence-electron chi connectivity index (χ0n) is 11.7. The molecule has 0 bridgehead atoms. The Morgan fingerprint density at radius 2 is 2.10 bits per heavy atom. The first-order valence-corrected chi connectivity index (χ1v) is 6.27. The number of aromatic nitrogens is 2. The van der Waals surface area contributed by atoms with Crippen molar-refractivity contribution in [2.45, 2.75) is 20.4 Å². The lowest BCUT2D eigenvalue weighted by Gasteiger charge is -2.11. The number of nitrogens with one attached hydrogen (secondary N) is 1. The molecule has 1 amide bonds. The minimum atomic E-state index is -0.486. The summed E-state index contributed by atoms with van der Waals surface area (Å²) in [5.74, 6) is -0.480. The van der Waals surface area contributed by atoms with E-state index in [1.807, 2.05) is 0 Å². The number of carbonyl (C=O) groups excluding carboxylic acids is 1. The second kappa shape index (κ2) is 5.74. The Kier molecular flexibility index (Phi) is 4.02. The van der Waals surface area contributed by atoms with E-state index < -0.39 is 11.7 Å². The van der Waals surface area contributed by atoms with Gasteiger partial charge in [0.05, 0.1) is 11.4 Å². The molecule has 6 nitrogen and oxygen atoms in total. The van der Waals surface area contributed by atoms with Crippen LogP contribution < -0.4 is 16.6 Å². The number of hydrogen-bond acceptors (Lipinski definition) is 4. The van der Waals surface area contributed by atoms with Crippen molar-refractivity contribution in [2.75, 3.05) is 11.1 Å². The maximum atomic E-state index is 12.9. The fraction of sp³-hybridized carbons (Fsp3) is 0.214. The zero-order chi connectivity index (χ0) is 15.6. The lowest BCUT2D eigenvalue weighted by atomic mass is 10.2. The molecule has 0 radical (unpaired) electrons. The van der Waals surface area contributed by atoms with Crippen molar-refractivity contribution < 1.29 is 9.18 Å². The van der Waals surface area contributed by atoms with Crippen LogP contribution in [0.5, 0.6) is 0 Å². The summed E-state index contributed by atoms with van der Waals surface area (Å²) in [6, 6.07) is 5.02. The summed E-state index contributed by atoms with van der Waals surface area (Å²) in [5.41, 5.74) is 6.32. The summed E-state index contributed by atoms with van der Waals surface area (Å²) in [6.45, 7) is 3.17. The third-order valence-electron chi connectivity index (χ3n) is 2.92. The number of benzene rings is 1. The molecular weight excluding hydrogens is 275 g/mol. The minimum Gasteiger partial charge on any atom is -0.397 e. The van der Waals surface area contributed by atoms with E-state index in [-0.39, 0.29) is 17.8 Å². The Hall–Kier alpha value is -2.70. The molecular formula is C14H15FN4O2. The van der Waals surface area contributed by atoms with E-state index in [1.54, 1.807) is 13.8 Å². The van der Waals surface area contributed by atoms with E-state index in [1.165, 1.54) is 22.8 Å². The molecule has 0 aliphatic carbocycles. The quantitative estimate of drug-likeness (QED) is 0.832. The van der Waals surface area contributed by atoms with Crippen LogP contribution in [0, 0.1) is 19.7 Å². The SMILES string of the molecule is Cc1cc(=O)n(CC(=O)Nc2ccc(F)cc2N)c(C)n1. The number of nitrogen functional groups attached to an aromatic ring is 1. The Morgan fingerprint density at radius 3 is 2.71 bits per heavy atom. The number of halogens is 1. The number of amides is 1. The third-order valence-corrected chi connectivity index (χ3v) is 2.92. The molecule has 1 aromatic heterocycles. The van der Waals surface area contributed by atoms with E-state index in [0.717, 1.165) is 6.07 Å². The van der Waals surface area contributed by atoms with E-state index in [4.69, 9.17) is 5.73 Å². The molecule has 110 valence electrons. The van der Waals surface area contributed by atoms with Crippen LogP contribution in [0.4, 0.5) is 15.8 Å². The average molecular weight is 290 g/mol. The lowest BCUT2D eigenvalue weighted by Crippen LogP contribution is -2.30. The molecule has 21 heavy (non-hydrogen) atoms. The van der Waals surface area contributed by atoms with Crippen molar-refractivity contribution in [3.05, 3.63) is 52.0 Å². The Morgan fingerprint density at radius 1 is 1.38 bits per heavy atom. The van der Waals surface area contributed by atoms with Crippen LogP contribution in [-0.4, -0.2) is 15.5 Å². The smallest absolute Gasteiger partial charge is 0.254 e. The van der Waals surface area contributed by atoms with Crippen LogP contribution in [-0.2, 0) is 11.3 Å². The predicted molar refractivity (Wildman–Crippen MR) is 77.4 cm³/mol. The van der Waals surface area contributed by atoms with Gasteiger partial charge in [-0.05, 0) is 32.0 Å². The van der Waals surface area contributed by atoms with Crippen LogP contribution in [0.3, 0.4) is 0 Å². The second-order valence-electron chi connectivity index (χ2n) is 4.65. The summed E-state index contributed by atoms with van der Waals surface area (Å²) in [6.07, 6.45) is 0. The molecule has 0 aliphatic rings. The van der Waals surface area contributed by atoms with Gasteiger partial charge in [0.25, 0.3) is 5.56 Å². The van der Waals surface area contributed by atoms with Crippen molar-refractivity contribution in [3.8, 4) is 0 Å². The molecule has 0 aliphatic heterocycles. The molecule has 1 heterocycles. The molecule has 0 unspecified atom stereocenters. The molecule has 0 saturated heterocycles. The number of rotatable bonds is 3. The van der Waals surface area contributed by atoms with Gasteiger partial charge in [0.2, 0.25) is 5.91 Å². The summed E-state index contributed by atoms with van der Waals surface area (Å²) in [4.78, 5) is 27.9. The van der Waals surface area contributed by atoms with Crippen LogP contribution >= 0.6 is 0 Å². The summed E-state index contributed by atoms with van der Waals surface area (Å²) >= 11 is 0. The Bertz CT molecular complexity index is 755. The van der Waals surface area contributed by atoms with E-state index >= 15 is 0 Å². The highest BCUT2D eigenvalue weighted by Gasteiger charge is 2.10. The first kappa shape index (κ1) is 14.7. The highest BCUT2D eigenvalue weighted by atomic mass is 19.1. The van der Waals surface area contributed by atoms with Crippen LogP contribution in [0.25, 0.3) is 0 Å². The van der Waals surface area contributed by atoms with Gasteiger partial charge in [-0.25, -0.2) is 9.37 Å². The summed E-state index contributed by atoms with van der Waals surface area (Å²) in [5, 5.41) is 2.54. The van der Waals surface area contributed by atoms with Crippen LogP contribution in [0.1, 0.15) is 11.5 Å². The minimum absolute atomic E-state index is 0.120. The number of aryl methyl sites for hydroxylation is 2. The molecule has 0 spiro atoms. The normalized spacial score (nSPS) is 10.4. The molecule has 1 aromatic carbocycles. The van der Waals surface area contributed by atoms with Gasteiger partial charge < -0.3 is 11.1 Å². The van der Waals surface area contributed by atoms with Crippen LogP contribution in [0.2, 0.25) is 0 Å². The van der Waals surface area contributed by atoms with Crippen molar-refractivity contribution in [2.24, 2.45) is 0 Å². The first-order valence-electron chi connectivity index (χ1n) is 6.27. The highest BCUT2D eigenvalue weighted by molar-refractivity contribution is 5.93. The topological polar surface area (TPSA) is 90.0 Å². The zero-order valence-corrected chi connectivity index (χ0v) is 11.7. The maximum absolute atomic E-state index is 12.9. The molecule has 0 fully saturated rings. The first-order chi connectivity index (χ1) is 9.86. The van der Waals surface area contributed by atoms with Crippen molar-refractivity contribution in [3.63, 3.8) is 0 Å². The van der Waals surface area contributed by atoms with Crippen molar-refractivity contribution in [1.82, 2.24) is 9.55 Å². The third kappa shape index (κ3) is 3.44. The van der Waals surface area contributed by atoms with Gasteiger partial charge in [0, 0.05) is 11.8 Å². The molecule has 2 aromatic rings. The van der Waals surface area contributed by atoms with Crippen molar-refractivity contribution in [1.29, 1.82) is 0 Å². The Labute approximate surface area is 120 Å². The lowest BCUT2D eigenvalue weighted by molar-refractivity contribution is -0.116. The van der Waals surface area contributed by atoms with E-state index in [9.17, 15) is 14.0 Å². The van der Waals surface area contributed by atoms with Gasteiger partial charge in [-0.2, -0.15) is 0 Å². The predicted octanol–water partition coefficient (Wildman–Crippen LogP) is 1.22. The number of nitrogens with zero attached hydrogens (tertiary/aromatic N) is 2. The van der Waals surface area contributed by atoms with Gasteiger partial charge in [-0.1, -0.05) is 0 Å². The number of hydrogen-bond donors (Lipinski definition) is 2. The Balaban J connectivity index is 2.18. The molecule has 7 heteroatoms. The van der Waals surface area contributed by atoms with Gasteiger partial charge >= 0.3 is 0 Å². The number of nitrogens with two attached hydrogens (primary N) is 1. The number of carbonyl (C=O) groups is 1. The maximum Gasteiger partial charge on any atom is 0.254 e. The van der Waals surface area contributed by atoms with E-state index in [2.05, 4.69) is 10.3 Å². The van der Waals surface area contributed by atoms with Gasteiger partial charge in [0.1, 0.15) is 18.2 Å². The van der Waals surface area contributed by atoms with E-state index in [0.29, 0.717) is 17.2 Å². The standard InChI is InChI=1S/C14H15FN4O2/c1-8-5-14(21)19(9(2)17-8)7-13(20)18-12-4-3-10(15)6-11(12)16/h3-6H,7,16H2,1-2H3,(H,18,20). The summed E-state index contributed by atoms with van der Waals surface area (Å²) < 4.78 is 14.2. The van der Waals surface area contributed by atoms with Gasteiger partial charge in [-0.15, -0.1) is 0 Å². The largest absolute Gasteiger partial charge is 0.397 e. The van der Waals surface area contributed by atoms with Crippen LogP contribution in [0.15, 0.2) is 29.1 Å². The molecule has 3 N–H and O–H groups in total. The van der Waals surface area contributed by atoms with Gasteiger partial charge in [-0.3, -0.25) is 14.2 Å².